The fourth-order valence-corrected chi connectivity index (χ4v) is 2.09. The molecule has 0 amide bonds. The number of ether oxygens (including phenoxy) is 1. The van der Waals surface area contributed by atoms with Crippen molar-refractivity contribution in [3.8, 4) is 5.75 Å². The molecule has 0 fully saturated rings. The Balaban J connectivity index is 2.43. The van der Waals surface area contributed by atoms with Crippen molar-refractivity contribution in [3.63, 3.8) is 0 Å². The molecule has 0 spiro atoms. The maximum absolute atomic E-state index is 10.6. The molecule has 0 saturated carbocycles. The molecule has 0 aliphatic rings. The molecule has 7 heteroatoms. The Hall–Kier alpha value is -0.490. The van der Waals surface area contributed by atoms with Gasteiger partial charge in [-0.1, -0.05) is 23.2 Å². The van der Waals surface area contributed by atoms with Crippen LogP contribution in [-0.2, 0) is 10.0 Å². The van der Waals surface area contributed by atoms with Gasteiger partial charge in [0, 0.05) is 10.0 Å². The Morgan fingerprint density at radius 1 is 1.19 bits per heavy atom. The fourth-order valence-electron chi connectivity index (χ4n) is 1.06. The monoisotopic (exact) mass is 283 g/mol. The molecule has 1 aromatic carbocycles. The summed E-state index contributed by atoms with van der Waals surface area (Å²) in [5, 5.41) is 5.77. The van der Waals surface area contributed by atoms with Crippen LogP contribution in [0.3, 0.4) is 0 Å². The molecule has 16 heavy (non-hydrogen) atoms. The Bertz CT molecular complexity index is 442. The number of sulfonamides is 1. The van der Waals surface area contributed by atoms with E-state index in [1.54, 1.807) is 18.2 Å². The SMILES string of the molecule is NS(=O)(=O)CCCOc1cc(Cl)cc(Cl)c1. The molecule has 1 aromatic rings. The molecule has 4 nitrogen and oxygen atoms in total. The number of benzene rings is 1. The molecule has 0 aliphatic heterocycles. The number of nitrogens with two attached hydrogens (primary N) is 1. The molecular weight excluding hydrogens is 273 g/mol. The molecule has 0 radical (unpaired) electrons. The first kappa shape index (κ1) is 13.6. The van der Waals surface area contributed by atoms with Crippen LogP contribution in [0.25, 0.3) is 0 Å². The summed E-state index contributed by atoms with van der Waals surface area (Å²) < 4.78 is 26.5. The highest BCUT2D eigenvalue weighted by Crippen LogP contribution is 2.24. The number of hydrogen-bond donors (Lipinski definition) is 1. The molecule has 0 heterocycles. The smallest absolute Gasteiger partial charge is 0.209 e. The third-order valence-electron chi connectivity index (χ3n) is 1.68. The van der Waals surface area contributed by atoms with Crippen LogP contribution in [0.5, 0.6) is 5.75 Å². The third kappa shape index (κ3) is 5.55. The Morgan fingerprint density at radius 3 is 2.25 bits per heavy atom. The van der Waals surface area contributed by atoms with E-state index in [-0.39, 0.29) is 12.4 Å². The first-order valence-electron chi connectivity index (χ1n) is 4.46. The number of hydrogen-bond acceptors (Lipinski definition) is 3. The van der Waals surface area contributed by atoms with E-state index in [9.17, 15) is 8.42 Å². The first-order valence-corrected chi connectivity index (χ1v) is 6.93. The topological polar surface area (TPSA) is 69.4 Å². The van der Waals surface area contributed by atoms with Crippen molar-refractivity contribution in [2.24, 2.45) is 5.14 Å². The van der Waals surface area contributed by atoms with Crippen molar-refractivity contribution in [2.45, 2.75) is 6.42 Å². The lowest BCUT2D eigenvalue weighted by Gasteiger charge is -2.06. The van der Waals surface area contributed by atoms with Crippen LogP contribution in [-0.4, -0.2) is 20.8 Å². The van der Waals surface area contributed by atoms with E-state index in [4.69, 9.17) is 33.1 Å². The molecule has 0 bridgehead atoms. The fraction of sp³-hybridized carbons (Fsp3) is 0.333. The van der Waals surface area contributed by atoms with Crippen molar-refractivity contribution < 1.29 is 13.2 Å². The van der Waals surface area contributed by atoms with E-state index in [2.05, 4.69) is 0 Å². The highest BCUT2D eigenvalue weighted by atomic mass is 35.5. The lowest BCUT2D eigenvalue weighted by molar-refractivity contribution is 0.317. The van der Waals surface area contributed by atoms with E-state index < -0.39 is 10.0 Å². The highest BCUT2D eigenvalue weighted by Gasteiger charge is 2.03. The maximum Gasteiger partial charge on any atom is 0.209 e. The van der Waals surface area contributed by atoms with Gasteiger partial charge < -0.3 is 4.74 Å². The Labute approximate surface area is 104 Å². The Morgan fingerprint density at radius 2 is 1.75 bits per heavy atom. The molecule has 0 saturated heterocycles. The summed E-state index contributed by atoms with van der Waals surface area (Å²) >= 11 is 11.5. The summed E-state index contributed by atoms with van der Waals surface area (Å²) in [4.78, 5) is 0. The average molecular weight is 284 g/mol. The van der Waals surface area contributed by atoms with Crippen LogP contribution in [0.4, 0.5) is 0 Å². The number of primary sulfonamides is 1. The first-order chi connectivity index (χ1) is 7.37. The summed E-state index contributed by atoms with van der Waals surface area (Å²) in [6, 6.07) is 4.79. The van der Waals surface area contributed by atoms with Gasteiger partial charge in [-0.15, -0.1) is 0 Å². The van der Waals surface area contributed by atoms with Gasteiger partial charge in [-0.25, -0.2) is 13.6 Å². The van der Waals surface area contributed by atoms with E-state index in [1.807, 2.05) is 0 Å². The molecular formula is C9H11Cl2NO3S. The quantitative estimate of drug-likeness (QED) is 0.841. The molecule has 90 valence electrons. The second-order valence-electron chi connectivity index (χ2n) is 3.17. The molecule has 1 rings (SSSR count). The van der Waals surface area contributed by atoms with Gasteiger partial charge in [0.2, 0.25) is 10.0 Å². The van der Waals surface area contributed by atoms with Gasteiger partial charge in [0.25, 0.3) is 0 Å². The number of rotatable bonds is 5. The van der Waals surface area contributed by atoms with Crippen LogP contribution in [0.1, 0.15) is 6.42 Å². The second-order valence-corrected chi connectivity index (χ2v) is 5.78. The zero-order valence-corrected chi connectivity index (χ0v) is 10.6. The van der Waals surface area contributed by atoms with Crippen LogP contribution < -0.4 is 9.88 Å². The van der Waals surface area contributed by atoms with E-state index in [0.717, 1.165) is 0 Å². The predicted octanol–water partition coefficient (Wildman–Crippen LogP) is 2.05. The zero-order valence-electron chi connectivity index (χ0n) is 8.32. The largest absolute Gasteiger partial charge is 0.493 e. The van der Waals surface area contributed by atoms with Crippen molar-refractivity contribution >= 4 is 33.2 Å². The normalized spacial score (nSPS) is 11.4. The average Bonchev–Trinajstić information content (AvgIpc) is 2.09. The van der Waals surface area contributed by atoms with E-state index in [1.165, 1.54) is 0 Å². The molecule has 0 aromatic heterocycles. The van der Waals surface area contributed by atoms with Crippen molar-refractivity contribution in [3.05, 3.63) is 28.2 Å². The van der Waals surface area contributed by atoms with Gasteiger partial charge in [-0.05, 0) is 24.6 Å². The van der Waals surface area contributed by atoms with Crippen LogP contribution in [0.2, 0.25) is 10.0 Å². The summed E-state index contributed by atoms with van der Waals surface area (Å²) in [5.41, 5.74) is 0. The lowest BCUT2D eigenvalue weighted by atomic mass is 10.3. The minimum Gasteiger partial charge on any atom is -0.493 e. The summed E-state index contributed by atoms with van der Waals surface area (Å²) in [5.74, 6) is 0.397. The predicted molar refractivity (Wildman–Crippen MR) is 64.5 cm³/mol. The van der Waals surface area contributed by atoms with E-state index in [0.29, 0.717) is 22.2 Å². The van der Waals surface area contributed by atoms with Crippen LogP contribution >= 0.6 is 23.2 Å². The van der Waals surface area contributed by atoms with E-state index >= 15 is 0 Å². The van der Waals surface area contributed by atoms with Crippen molar-refractivity contribution in [1.82, 2.24) is 0 Å². The van der Waals surface area contributed by atoms with Gasteiger partial charge in [0.05, 0.1) is 12.4 Å². The molecule has 0 aliphatic carbocycles. The van der Waals surface area contributed by atoms with Crippen LogP contribution in [0.15, 0.2) is 18.2 Å². The molecule has 0 atom stereocenters. The Kier molecular flexibility index (Phi) is 4.86. The third-order valence-corrected chi connectivity index (χ3v) is 2.97. The highest BCUT2D eigenvalue weighted by molar-refractivity contribution is 7.89. The minimum absolute atomic E-state index is 0.110. The second kappa shape index (κ2) is 5.72. The summed E-state index contributed by atoms with van der Waals surface area (Å²) in [6.45, 7) is 0.243. The standard InChI is InChI=1S/C9H11Cl2NO3S/c10-7-4-8(11)6-9(5-7)15-2-1-3-16(12,13)14/h4-6H,1-3H2,(H2,12,13,14). The summed E-state index contributed by atoms with van der Waals surface area (Å²) in [6.07, 6.45) is 0.322. The van der Waals surface area contributed by atoms with Gasteiger partial charge in [0.15, 0.2) is 0 Å². The number of halogens is 2. The maximum atomic E-state index is 10.6. The molecule has 0 unspecified atom stereocenters. The van der Waals surface area contributed by atoms with Gasteiger partial charge in [-0.2, -0.15) is 0 Å². The lowest BCUT2D eigenvalue weighted by Crippen LogP contribution is -2.18. The summed E-state index contributed by atoms with van der Waals surface area (Å²) in [7, 11) is -3.43. The van der Waals surface area contributed by atoms with Gasteiger partial charge >= 0.3 is 0 Å². The zero-order chi connectivity index (χ0) is 12.2. The minimum atomic E-state index is -3.43. The molecule has 2 N–H and O–H groups in total. The van der Waals surface area contributed by atoms with Crippen LogP contribution in [0, 0.1) is 0 Å². The van der Waals surface area contributed by atoms with Gasteiger partial charge in [-0.3, -0.25) is 0 Å². The van der Waals surface area contributed by atoms with Crippen molar-refractivity contribution in [2.75, 3.05) is 12.4 Å². The van der Waals surface area contributed by atoms with Gasteiger partial charge in [0.1, 0.15) is 5.75 Å². The van der Waals surface area contributed by atoms with Crippen molar-refractivity contribution in [1.29, 1.82) is 0 Å².